The van der Waals surface area contributed by atoms with Crippen molar-refractivity contribution in [1.82, 2.24) is 9.78 Å². The van der Waals surface area contributed by atoms with E-state index in [1.165, 1.54) is 12.3 Å². The third-order valence-corrected chi connectivity index (χ3v) is 6.02. The Hall–Kier alpha value is -2.57. The van der Waals surface area contributed by atoms with Crippen LogP contribution in [0.4, 0.5) is 4.39 Å². The highest BCUT2D eigenvalue weighted by Gasteiger charge is 2.35. The molecule has 0 amide bonds. The Kier molecular flexibility index (Phi) is 5.00. The molecule has 29 heavy (non-hydrogen) atoms. The lowest BCUT2D eigenvalue weighted by atomic mass is 9.78. The van der Waals surface area contributed by atoms with Crippen molar-refractivity contribution in [3.05, 3.63) is 68.8 Å². The number of fused-ring (bicyclic) bond motifs is 1. The van der Waals surface area contributed by atoms with Crippen molar-refractivity contribution < 1.29 is 13.9 Å². The number of hydrogen-bond acceptors (Lipinski definition) is 4. The summed E-state index contributed by atoms with van der Waals surface area (Å²) in [4.78, 5) is 24.5. The van der Waals surface area contributed by atoms with E-state index in [1.807, 2.05) is 13.8 Å². The van der Waals surface area contributed by atoms with Crippen LogP contribution in [0.15, 0.2) is 41.3 Å². The van der Waals surface area contributed by atoms with Gasteiger partial charge in [-0.15, -0.1) is 0 Å². The van der Waals surface area contributed by atoms with Crippen LogP contribution >= 0.6 is 11.6 Å². The molecule has 0 N–H and O–H groups in total. The molecule has 3 aromatic rings. The molecule has 1 fully saturated rings. The maximum atomic E-state index is 15.1. The van der Waals surface area contributed by atoms with E-state index in [-0.39, 0.29) is 27.8 Å². The minimum absolute atomic E-state index is 0.00529. The van der Waals surface area contributed by atoms with Crippen molar-refractivity contribution in [3.63, 3.8) is 0 Å². The zero-order chi connectivity index (χ0) is 20.8. The van der Waals surface area contributed by atoms with E-state index in [2.05, 4.69) is 5.10 Å². The predicted octanol–water partition coefficient (Wildman–Crippen LogP) is 4.45. The molecule has 1 aromatic heterocycles. The lowest BCUT2D eigenvalue weighted by Gasteiger charge is -2.31. The Morgan fingerprint density at radius 3 is 2.83 bits per heavy atom. The molecular formula is C22H20ClFN2O3. The van der Waals surface area contributed by atoms with Crippen molar-refractivity contribution in [2.75, 3.05) is 6.61 Å². The zero-order valence-electron chi connectivity index (χ0n) is 16.1. The van der Waals surface area contributed by atoms with Crippen LogP contribution in [0.3, 0.4) is 0 Å². The first-order valence-corrected chi connectivity index (χ1v) is 9.80. The van der Waals surface area contributed by atoms with Gasteiger partial charge in [-0.1, -0.05) is 31.5 Å². The maximum Gasteiger partial charge on any atom is 0.282 e. The van der Waals surface area contributed by atoms with Gasteiger partial charge in [-0.05, 0) is 42.7 Å². The lowest BCUT2D eigenvalue weighted by Crippen LogP contribution is -2.33. The van der Waals surface area contributed by atoms with Gasteiger partial charge in [0.05, 0.1) is 34.0 Å². The predicted molar refractivity (Wildman–Crippen MR) is 110 cm³/mol. The summed E-state index contributed by atoms with van der Waals surface area (Å²) in [7, 11) is 0. The summed E-state index contributed by atoms with van der Waals surface area (Å²) in [6.45, 7) is 4.73. The molecular weight excluding hydrogens is 395 g/mol. The minimum Gasteiger partial charge on any atom is -0.377 e. The Bertz CT molecular complexity index is 1170. The number of carbonyl (C=O) groups is 1. The number of aldehydes is 1. The first kappa shape index (κ1) is 19.7. The maximum absolute atomic E-state index is 15.1. The number of benzene rings is 2. The molecule has 7 heteroatoms. The second-order valence-corrected chi connectivity index (χ2v) is 8.20. The number of carbonyl (C=O) groups excluding carboxylic acids is 1. The summed E-state index contributed by atoms with van der Waals surface area (Å²) in [6.07, 6.45) is 3.88. The zero-order valence-corrected chi connectivity index (χ0v) is 16.9. The fraction of sp³-hybridized carbons (Fsp3) is 0.318. The summed E-state index contributed by atoms with van der Waals surface area (Å²) < 4.78 is 21.9. The van der Waals surface area contributed by atoms with Gasteiger partial charge in [0.25, 0.3) is 5.56 Å². The molecule has 4 rings (SSSR count). The van der Waals surface area contributed by atoms with Crippen molar-refractivity contribution in [1.29, 1.82) is 0 Å². The van der Waals surface area contributed by atoms with E-state index in [0.29, 0.717) is 18.3 Å². The molecule has 0 saturated carbocycles. The van der Waals surface area contributed by atoms with Crippen molar-refractivity contribution >= 4 is 28.7 Å². The SMILES string of the molecule is CC(C)(c1cc(F)c2c(=O)n(-c3cccc(Cl)c3C=O)ncc2c1)C1CCCO1. The van der Waals surface area contributed by atoms with Gasteiger partial charge in [0.1, 0.15) is 5.82 Å². The molecule has 2 heterocycles. The lowest BCUT2D eigenvalue weighted by molar-refractivity contribution is 0.0571. The fourth-order valence-corrected chi connectivity index (χ4v) is 4.15. The number of rotatable bonds is 4. The van der Waals surface area contributed by atoms with Crippen LogP contribution in [0.25, 0.3) is 16.5 Å². The first-order valence-electron chi connectivity index (χ1n) is 9.42. The first-order chi connectivity index (χ1) is 13.8. The van der Waals surface area contributed by atoms with E-state index in [4.69, 9.17) is 16.3 Å². The van der Waals surface area contributed by atoms with E-state index in [1.54, 1.807) is 24.3 Å². The van der Waals surface area contributed by atoms with Crippen LogP contribution in [0.5, 0.6) is 0 Å². The molecule has 1 aliphatic rings. The fourth-order valence-electron chi connectivity index (χ4n) is 3.94. The van der Waals surface area contributed by atoms with Gasteiger partial charge in [0, 0.05) is 17.4 Å². The Morgan fingerprint density at radius 1 is 1.34 bits per heavy atom. The normalized spacial score (nSPS) is 17.0. The van der Waals surface area contributed by atoms with Crippen molar-refractivity contribution in [2.45, 2.75) is 38.2 Å². The molecule has 0 aliphatic carbocycles. The molecule has 0 bridgehead atoms. The highest BCUT2D eigenvalue weighted by Crippen LogP contribution is 2.36. The molecule has 1 atom stereocenters. The number of ether oxygens (including phenoxy) is 1. The van der Waals surface area contributed by atoms with E-state index >= 15 is 4.39 Å². The van der Waals surface area contributed by atoms with Gasteiger partial charge in [0.15, 0.2) is 6.29 Å². The average molecular weight is 415 g/mol. The Morgan fingerprint density at radius 2 is 2.14 bits per heavy atom. The molecule has 150 valence electrons. The minimum atomic E-state index is -0.646. The van der Waals surface area contributed by atoms with Gasteiger partial charge in [-0.2, -0.15) is 9.78 Å². The smallest absolute Gasteiger partial charge is 0.282 e. The van der Waals surface area contributed by atoms with Crippen LogP contribution in [0.1, 0.15) is 42.6 Å². The third kappa shape index (κ3) is 3.26. The van der Waals surface area contributed by atoms with E-state index in [9.17, 15) is 9.59 Å². The Labute approximate surface area is 172 Å². The topological polar surface area (TPSA) is 61.2 Å². The molecule has 1 unspecified atom stereocenters. The molecule has 5 nitrogen and oxygen atoms in total. The molecule has 2 aromatic carbocycles. The number of hydrogen-bond donors (Lipinski definition) is 0. The van der Waals surface area contributed by atoms with Gasteiger partial charge in [-0.25, -0.2) is 4.39 Å². The van der Waals surface area contributed by atoms with Crippen LogP contribution in [-0.2, 0) is 10.2 Å². The van der Waals surface area contributed by atoms with Crippen molar-refractivity contribution in [3.8, 4) is 5.69 Å². The Balaban J connectivity index is 1.89. The summed E-state index contributed by atoms with van der Waals surface area (Å²) >= 11 is 6.05. The third-order valence-electron chi connectivity index (χ3n) is 5.69. The van der Waals surface area contributed by atoms with Crippen LogP contribution in [0.2, 0.25) is 5.02 Å². The second kappa shape index (κ2) is 7.35. The average Bonchev–Trinajstić information content (AvgIpc) is 3.23. The highest BCUT2D eigenvalue weighted by atomic mass is 35.5. The number of nitrogens with zero attached hydrogens (tertiary/aromatic N) is 2. The van der Waals surface area contributed by atoms with Gasteiger partial charge < -0.3 is 4.74 Å². The van der Waals surface area contributed by atoms with Gasteiger partial charge >= 0.3 is 0 Å². The summed E-state index contributed by atoms with van der Waals surface area (Å²) in [5.41, 5.74) is 0.0386. The van der Waals surface area contributed by atoms with Crippen LogP contribution < -0.4 is 5.56 Å². The van der Waals surface area contributed by atoms with Gasteiger partial charge in [-0.3, -0.25) is 9.59 Å². The van der Waals surface area contributed by atoms with E-state index < -0.39 is 16.8 Å². The van der Waals surface area contributed by atoms with Gasteiger partial charge in [0.2, 0.25) is 0 Å². The summed E-state index contributed by atoms with van der Waals surface area (Å²) in [5, 5.41) is 4.70. The van der Waals surface area contributed by atoms with Crippen LogP contribution in [0, 0.1) is 5.82 Å². The second-order valence-electron chi connectivity index (χ2n) is 7.80. The quantitative estimate of drug-likeness (QED) is 0.592. The standard InChI is InChI=1S/C22H20ClFN2O3/c1-22(2,19-7-4-8-29-19)14-9-13-11-25-26(21(28)20(13)17(24)10-14)18-6-3-5-16(23)15(18)12-27/h3,5-6,9-12,19H,4,7-8H2,1-2H3. The highest BCUT2D eigenvalue weighted by molar-refractivity contribution is 6.33. The van der Waals surface area contributed by atoms with E-state index in [0.717, 1.165) is 23.1 Å². The molecule has 0 spiro atoms. The monoisotopic (exact) mass is 414 g/mol. The number of aromatic nitrogens is 2. The summed E-state index contributed by atoms with van der Waals surface area (Å²) in [5.74, 6) is -0.626. The number of halogens is 2. The largest absolute Gasteiger partial charge is 0.377 e. The molecule has 1 saturated heterocycles. The van der Waals surface area contributed by atoms with Crippen LogP contribution in [-0.4, -0.2) is 28.8 Å². The summed E-state index contributed by atoms with van der Waals surface area (Å²) in [6, 6.07) is 7.88. The molecule has 0 radical (unpaired) electrons. The van der Waals surface area contributed by atoms with Crippen molar-refractivity contribution in [2.24, 2.45) is 0 Å². The molecule has 1 aliphatic heterocycles.